The SMILES string of the molecule is B/C=C/CF. The van der Waals surface area contributed by atoms with Crippen LogP contribution in [0.4, 0.5) is 4.39 Å². The third kappa shape index (κ3) is 3.73. The monoisotopic (exact) mass is 72.1 g/mol. The van der Waals surface area contributed by atoms with Gasteiger partial charge in [0.1, 0.15) is 14.5 Å². The van der Waals surface area contributed by atoms with E-state index in [4.69, 9.17) is 0 Å². The maximum atomic E-state index is 10.9. The second-order valence-corrected chi connectivity index (χ2v) is 0.723. The molecule has 0 aliphatic heterocycles. The predicted molar refractivity (Wildman–Crippen MR) is 23.7 cm³/mol. The summed E-state index contributed by atoms with van der Waals surface area (Å²) in [6.07, 6.45) is 1.46. The fraction of sp³-hybridized carbons (Fsp3) is 0.333. The molecule has 0 aromatic heterocycles. The van der Waals surface area contributed by atoms with Crippen LogP contribution in [-0.4, -0.2) is 14.5 Å². The third-order valence-electron chi connectivity index (χ3n) is 0.325. The van der Waals surface area contributed by atoms with Crippen LogP contribution in [0, 0.1) is 0 Å². The van der Waals surface area contributed by atoms with Crippen LogP contribution in [0.25, 0.3) is 0 Å². The Labute approximate surface area is 32.1 Å². The summed E-state index contributed by atoms with van der Waals surface area (Å²) in [5, 5.41) is 0. The zero-order valence-electron chi connectivity index (χ0n) is 3.24. The first-order chi connectivity index (χ1) is 2.41. The molecule has 0 atom stereocenters. The molecule has 0 bridgehead atoms. The molecule has 0 radical (unpaired) electrons. The maximum absolute atomic E-state index is 10.9. The van der Waals surface area contributed by atoms with Crippen LogP contribution in [0.2, 0.25) is 0 Å². The Hall–Kier alpha value is -0.265. The lowest BCUT2D eigenvalue weighted by atomic mass is 10.1. The minimum atomic E-state index is -0.337. The highest BCUT2D eigenvalue weighted by molar-refractivity contribution is 6.16. The molecular weight excluding hydrogens is 65.8 g/mol. The zero-order chi connectivity index (χ0) is 4.12. The molecular formula is C3H6BF. The first-order valence-electron chi connectivity index (χ1n) is 1.59. The molecule has 0 saturated carbocycles. The van der Waals surface area contributed by atoms with E-state index < -0.39 is 0 Å². The molecule has 5 heavy (non-hydrogen) atoms. The molecule has 0 spiro atoms. The molecule has 0 nitrogen and oxygen atoms in total. The molecule has 28 valence electrons. The average molecular weight is 71.9 g/mol. The normalized spacial score (nSPS) is 9.80. The molecule has 0 aromatic rings. The van der Waals surface area contributed by atoms with Crippen molar-refractivity contribution in [2.24, 2.45) is 0 Å². The quantitative estimate of drug-likeness (QED) is 0.385. The van der Waals surface area contributed by atoms with E-state index in [-0.39, 0.29) is 6.67 Å². The fourth-order valence-corrected chi connectivity index (χ4v) is 0.0891. The molecule has 0 unspecified atom stereocenters. The first-order valence-corrected chi connectivity index (χ1v) is 1.59. The van der Waals surface area contributed by atoms with Crippen molar-refractivity contribution in [2.45, 2.75) is 0 Å². The average Bonchev–Trinajstić information content (AvgIpc) is 1.41. The summed E-state index contributed by atoms with van der Waals surface area (Å²) in [4.78, 5) is 0. The van der Waals surface area contributed by atoms with Gasteiger partial charge >= 0.3 is 0 Å². The van der Waals surface area contributed by atoms with E-state index in [0.717, 1.165) is 0 Å². The van der Waals surface area contributed by atoms with E-state index in [9.17, 15) is 4.39 Å². The van der Waals surface area contributed by atoms with E-state index in [2.05, 4.69) is 0 Å². The van der Waals surface area contributed by atoms with E-state index in [1.807, 2.05) is 0 Å². The number of rotatable bonds is 1. The van der Waals surface area contributed by atoms with Gasteiger partial charge in [0.15, 0.2) is 0 Å². The number of hydrogen-bond acceptors (Lipinski definition) is 0. The number of alkyl halides is 1. The van der Waals surface area contributed by atoms with Crippen molar-refractivity contribution in [3.05, 3.63) is 12.1 Å². The molecule has 0 N–H and O–H groups in total. The summed E-state index contributed by atoms with van der Waals surface area (Å²) in [5.41, 5.74) is 0. The van der Waals surface area contributed by atoms with Crippen LogP contribution < -0.4 is 0 Å². The molecule has 0 saturated heterocycles. The van der Waals surface area contributed by atoms with Gasteiger partial charge in [-0.2, -0.15) is 0 Å². The minimum Gasteiger partial charge on any atom is -0.247 e. The minimum absolute atomic E-state index is 0.337. The van der Waals surface area contributed by atoms with Crippen LogP contribution >= 0.6 is 0 Å². The van der Waals surface area contributed by atoms with Crippen LogP contribution in [-0.2, 0) is 0 Å². The number of allylic oxidation sites excluding steroid dienone is 1. The lowest BCUT2D eigenvalue weighted by molar-refractivity contribution is 0.562. The number of halogens is 1. The van der Waals surface area contributed by atoms with Gasteiger partial charge in [0.05, 0.1) is 0 Å². The lowest BCUT2D eigenvalue weighted by Gasteiger charge is -1.62. The van der Waals surface area contributed by atoms with E-state index in [1.54, 1.807) is 13.8 Å². The van der Waals surface area contributed by atoms with Crippen molar-refractivity contribution < 1.29 is 4.39 Å². The smallest absolute Gasteiger partial charge is 0.129 e. The maximum Gasteiger partial charge on any atom is 0.129 e. The van der Waals surface area contributed by atoms with Gasteiger partial charge in [0.25, 0.3) is 0 Å². The van der Waals surface area contributed by atoms with Crippen LogP contribution in [0.5, 0.6) is 0 Å². The Balaban J connectivity index is 2.62. The molecule has 2 heteroatoms. The van der Waals surface area contributed by atoms with Gasteiger partial charge in [-0.1, -0.05) is 6.08 Å². The summed E-state index contributed by atoms with van der Waals surface area (Å²) in [5.74, 6) is 1.68. The number of hydrogen-bond donors (Lipinski definition) is 0. The lowest BCUT2D eigenvalue weighted by Crippen LogP contribution is -1.57. The Morgan fingerprint density at radius 2 is 2.40 bits per heavy atom. The Kier molecular flexibility index (Phi) is 3.54. The van der Waals surface area contributed by atoms with Gasteiger partial charge in [-0.3, -0.25) is 0 Å². The molecule has 0 amide bonds. The Morgan fingerprint density at radius 1 is 1.80 bits per heavy atom. The molecule has 0 fully saturated rings. The summed E-state index contributed by atoms with van der Waals surface area (Å²) < 4.78 is 10.9. The van der Waals surface area contributed by atoms with Crippen molar-refractivity contribution in [3.63, 3.8) is 0 Å². The highest BCUT2D eigenvalue weighted by atomic mass is 19.1. The van der Waals surface area contributed by atoms with Crippen LogP contribution in [0.3, 0.4) is 0 Å². The van der Waals surface area contributed by atoms with Crippen LogP contribution in [0.1, 0.15) is 0 Å². The molecule has 0 aliphatic rings. The third-order valence-corrected chi connectivity index (χ3v) is 0.325. The second kappa shape index (κ2) is 3.73. The van der Waals surface area contributed by atoms with Crippen molar-refractivity contribution in [2.75, 3.05) is 6.67 Å². The topological polar surface area (TPSA) is 0 Å². The largest absolute Gasteiger partial charge is 0.247 e. The van der Waals surface area contributed by atoms with Gasteiger partial charge in [-0.25, -0.2) is 4.39 Å². The van der Waals surface area contributed by atoms with Gasteiger partial charge < -0.3 is 0 Å². The zero-order valence-corrected chi connectivity index (χ0v) is 3.24. The summed E-state index contributed by atoms with van der Waals surface area (Å²) in [6.45, 7) is -0.337. The van der Waals surface area contributed by atoms with Crippen molar-refractivity contribution in [1.29, 1.82) is 0 Å². The van der Waals surface area contributed by atoms with Gasteiger partial charge in [0.2, 0.25) is 0 Å². The van der Waals surface area contributed by atoms with Crippen LogP contribution in [0.15, 0.2) is 12.1 Å². The van der Waals surface area contributed by atoms with Gasteiger partial charge in [0, 0.05) is 0 Å². The van der Waals surface area contributed by atoms with E-state index >= 15 is 0 Å². The fourth-order valence-electron chi connectivity index (χ4n) is 0.0891. The molecule has 0 aliphatic carbocycles. The van der Waals surface area contributed by atoms with Crippen molar-refractivity contribution >= 4 is 7.85 Å². The summed E-state index contributed by atoms with van der Waals surface area (Å²) in [7, 11) is 1.79. The van der Waals surface area contributed by atoms with Crippen molar-refractivity contribution in [1.82, 2.24) is 0 Å². The van der Waals surface area contributed by atoms with Gasteiger partial charge in [-0.15, -0.1) is 5.98 Å². The second-order valence-electron chi connectivity index (χ2n) is 0.723. The molecule has 0 heterocycles. The van der Waals surface area contributed by atoms with E-state index in [0.29, 0.717) is 0 Å². The molecule has 0 aromatic carbocycles. The highest BCUT2D eigenvalue weighted by Gasteiger charge is 1.56. The summed E-state index contributed by atoms with van der Waals surface area (Å²) in [6, 6.07) is 0. The Morgan fingerprint density at radius 3 is 2.40 bits per heavy atom. The van der Waals surface area contributed by atoms with Gasteiger partial charge in [-0.05, 0) is 0 Å². The summed E-state index contributed by atoms with van der Waals surface area (Å²) >= 11 is 0. The highest BCUT2D eigenvalue weighted by Crippen LogP contribution is 1.64. The standard InChI is InChI=1S/C3H6BF/c4-2-1-3-5/h1-2H,3-4H2/b2-1+. The molecule has 0 rings (SSSR count). The predicted octanol–water partition coefficient (Wildman–Crippen LogP) is 0.103. The van der Waals surface area contributed by atoms with Crippen molar-refractivity contribution in [3.8, 4) is 0 Å². The first kappa shape index (κ1) is 4.73. The van der Waals surface area contributed by atoms with E-state index in [1.165, 1.54) is 6.08 Å². The Bertz CT molecular complexity index is 33.9.